The Morgan fingerprint density at radius 3 is 3.18 bits per heavy atom. The molecular formula is C12H15N5. The molecule has 3 rings (SSSR count). The summed E-state index contributed by atoms with van der Waals surface area (Å²) in [7, 11) is 0. The number of anilines is 1. The molecule has 2 fully saturated rings. The van der Waals surface area contributed by atoms with E-state index in [4.69, 9.17) is 5.26 Å². The third-order valence-corrected chi connectivity index (χ3v) is 3.66. The van der Waals surface area contributed by atoms with Crippen molar-refractivity contribution in [3.63, 3.8) is 0 Å². The van der Waals surface area contributed by atoms with Crippen LogP contribution in [0.4, 0.5) is 5.95 Å². The molecule has 0 bridgehead atoms. The van der Waals surface area contributed by atoms with Crippen LogP contribution in [0.2, 0.25) is 0 Å². The van der Waals surface area contributed by atoms with Crippen LogP contribution in [0.3, 0.4) is 0 Å². The highest BCUT2D eigenvalue weighted by Crippen LogP contribution is 2.30. The Labute approximate surface area is 100 Å². The van der Waals surface area contributed by atoms with Crippen molar-refractivity contribution >= 4 is 5.95 Å². The summed E-state index contributed by atoms with van der Waals surface area (Å²) in [5, 5.41) is 12.4. The highest BCUT2D eigenvalue weighted by molar-refractivity contribution is 5.39. The fraction of sp³-hybridized carbons (Fsp3) is 0.583. The average molecular weight is 229 g/mol. The fourth-order valence-electron chi connectivity index (χ4n) is 2.84. The minimum atomic E-state index is 0.460. The van der Waals surface area contributed by atoms with Crippen LogP contribution < -0.4 is 10.2 Å². The van der Waals surface area contributed by atoms with E-state index in [9.17, 15) is 0 Å². The topological polar surface area (TPSA) is 64.8 Å². The molecule has 0 spiro atoms. The maximum Gasteiger partial charge on any atom is 0.227 e. The second-order valence-electron chi connectivity index (χ2n) is 4.77. The molecule has 5 nitrogen and oxygen atoms in total. The summed E-state index contributed by atoms with van der Waals surface area (Å²) in [6.07, 6.45) is 1.19. The van der Waals surface area contributed by atoms with Crippen molar-refractivity contribution in [2.75, 3.05) is 24.5 Å². The number of hydrogen-bond acceptors (Lipinski definition) is 5. The van der Waals surface area contributed by atoms with E-state index >= 15 is 0 Å². The molecule has 88 valence electrons. The van der Waals surface area contributed by atoms with Crippen LogP contribution in [0.1, 0.15) is 17.8 Å². The smallest absolute Gasteiger partial charge is 0.227 e. The largest absolute Gasteiger partial charge is 0.336 e. The van der Waals surface area contributed by atoms with Crippen LogP contribution in [0.25, 0.3) is 0 Å². The van der Waals surface area contributed by atoms with Gasteiger partial charge in [-0.1, -0.05) is 0 Å². The van der Waals surface area contributed by atoms with Crippen LogP contribution in [-0.4, -0.2) is 35.6 Å². The lowest BCUT2D eigenvalue weighted by Crippen LogP contribution is -2.35. The fourth-order valence-corrected chi connectivity index (χ4v) is 2.84. The predicted molar refractivity (Wildman–Crippen MR) is 63.6 cm³/mol. The predicted octanol–water partition coefficient (Wildman–Crippen LogP) is 0.455. The molecule has 1 aromatic rings. The summed E-state index contributed by atoms with van der Waals surface area (Å²) in [5.74, 6) is 1.43. The van der Waals surface area contributed by atoms with E-state index in [1.807, 2.05) is 6.92 Å². The maximum atomic E-state index is 8.95. The van der Waals surface area contributed by atoms with Gasteiger partial charge in [-0.05, 0) is 25.3 Å². The Hall–Kier alpha value is -1.67. The zero-order chi connectivity index (χ0) is 11.8. The number of aromatic nitrogens is 2. The van der Waals surface area contributed by atoms with Crippen LogP contribution in [0.5, 0.6) is 0 Å². The van der Waals surface area contributed by atoms with Gasteiger partial charge in [-0.15, -0.1) is 0 Å². The lowest BCUT2D eigenvalue weighted by Gasteiger charge is -2.23. The Kier molecular flexibility index (Phi) is 2.45. The summed E-state index contributed by atoms with van der Waals surface area (Å²) in [6, 6.07) is 4.33. The number of aryl methyl sites for hydroxylation is 1. The second kappa shape index (κ2) is 3.97. The first-order valence-corrected chi connectivity index (χ1v) is 6.01. The molecule has 2 saturated heterocycles. The third-order valence-electron chi connectivity index (χ3n) is 3.66. The van der Waals surface area contributed by atoms with Gasteiger partial charge >= 0.3 is 0 Å². The highest BCUT2D eigenvalue weighted by atomic mass is 15.3. The van der Waals surface area contributed by atoms with Gasteiger partial charge in [0.2, 0.25) is 5.95 Å². The molecule has 1 aromatic heterocycles. The Balaban J connectivity index is 1.94. The highest BCUT2D eigenvalue weighted by Gasteiger charge is 2.38. The normalized spacial score (nSPS) is 26.9. The van der Waals surface area contributed by atoms with Crippen LogP contribution in [0.15, 0.2) is 6.07 Å². The summed E-state index contributed by atoms with van der Waals surface area (Å²) in [6.45, 7) is 5.01. The third kappa shape index (κ3) is 1.75. The first-order valence-electron chi connectivity index (χ1n) is 6.01. The molecule has 0 amide bonds. The first kappa shape index (κ1) is 10.5. The standard InChI is InChI=1S/C12H15N5/c1-8-4-10(5-13)16-12(15-8)17-3-2-9-6-14-7-11(9)17/h4,9,11,14H,2-3,6-7H2,1H3/t9-,11+/m0/s1. The van der Waals surface area contributed by atoms with Gasteiger partial charge in [-0.25, -0.2) is 9.97 Å². The second-order valence-corrected chi connectivity index (χ2v) is 4.77. The van der Waals surface area contributed by atoms with Gasteiger partial charge in [0.05, 0.1) is 0 Å². The first-order chi connectivity index (χ1) is 8.28. The zero-order valence-electron chi connectivity index (χ0n) is 9.85. The molecule has 3 heterocycles. The number of rotatable bonds is 1. The van der Waals surface area contributed by atoms with E-state index in [1.54, 1.807) is 6.07 Å². The van der Waals surface area contributed by atoms with Gasteiger partial charge in [0.1, 0.15) is 11.8 Å². The van der Waals surface area contributed by atoms with Crippen molar-refractivity contribution < 1.29 is 0 Å². The molecule has 0 aromatic carbocycles. The number of hydrogen-bond donors (Lipinski definition) is 1. The molecule has 1 N–H and O–H groups in total. The number of nitrogens with one attached hydrogen (secondary N) is 1. The number of nitriles is 1. The minimum absolute atomic E-state index is 0.460. The molecule has 0 aliphatic carbocycles. The number of nitrogens with zero attached hydrogens (tertiary/aromatic N) is 4. The quantitative estimate of drug-likeness (QED) is 0.757. The Morgan fingerprint density at radius 1 is 1.47 bits per heavy atom. The van der Waals surface area contributed by atoms with Crippen LogP contribution >= 0.6 is 0 Å². The van der Waals surface area contributed by atoms with Crippen molar-refractivity contribution in [1.29, 1.82) is 5.26 Å². The molecule has 5 heteroatoms. The Morgan fingerprint density at radius 2 is 2.35 bits per heavy atom. The molecule has 17 heavy (non-hydrogen) atoms. The SMILES string of the molecule is Cc1cc(C#N)nc(N2CC[C@H]3CNC[C@H]32)n1. The lowest BCUT2D eigenvalue weighted by molar-refractivity contribution is 0.575. The van der Waals surface area contributed by atoms with Crippen molar-refractivity contribution in [3.05, 3.63) is 17.5 Å². The van der Waals surface area contributed by atoms with E-state index in [0.29, 0.717) is 17.7 Å². The van der Waals surface area contributed by atoms with Gasteiger partial charge in [0.25, 0.3) is 0 Å². The van der Waals surface area contributed by atoms with E-state index in [1.165, 1.54) is 6.42 Å². The van der Waals surface area contributed by atoms with Gasteiger partial charge in [0, 0.05) is 31.4 Å². The molecule has 0 saturated carbocycles. The van der Waals surface area contributed by atoms with Crippen molar-refractivity contribution in [2.45, 2.75) is 19.4 Å². The van der Waals surface area contributed by atoms with Crippen molar-refractivity contribution in [3.8, 4) is 6.07 Å². The van der Waals surface area contributed by atoms with E-state index in [0.717, 1.165) is 31.3 Å². The maximum absolute atomic E-state index is 8.95. The van der Waals surface area contributed by atoms with E-state index in [2.05, 4.69) is 26.3 Å². The monoisotopic (exact) mass is 229 g/mol. The molecule has 0 radical (unpaired) electrons. The van der Waals surface area contributed by atoms with Crippen LogP contribution in [0, 0.1) is 24.2 Å². The summed E-state index contributed by atoms with van der Waals surface area (Å²) in [5.41, 5.74) is 1.32. The minimum Gasteiger partial charge on any atom is -0.336 e. The molecular weight excluding hydrogens is 214 g/mol. The molecule has 2 atom stereocenters. The lowest BCUT2D eigenvalue weighted by atomic mass is 10.1. The molecule has 2 aliphatic rings. The number of fused-ring (bicyclic) bond motifs is 1. The van der Waals surface area contributed by atoms with E-state index in [-0.39, 0.29) is 0 Å². The van der Waals surface area contributed by atoms with Gasteiger partial charge in [-0.3, -0.25) is 0 Å². The van der Waals surface area contributed by atoms with Gasteiger partial charge in [0.15, 0.2) is 0 Å². The molecule has 2 aliphatic heterocycles. The van der Waals surface area contributed by atoms with Gasteiger partial charge < -0.3 is 10.2 Å². The summed E-state index contributed by atoms with van der Waals surface area (Å²) < 4.78 is 0. The Bertz CT molecular complexity index is 478. The van der Waals surface area contributed by atoms with Gasteiger partial charge in [-0.2, -0.15) is 5.26 Å². The average Bonchev–Trinajstić information content (AvgIpc) is 2.89. The zero-order valence-corrected chi connectivity index (χ0v) is 9.85. The summed E-state index contributed by atoms with van der Waals surface area (Å²) in [4.78, 5) is 11.0. The van der Waals surface area contributed by atoms with Crippen LogP contribution in [-0.2, 0) is 0 Å². The van der Waals surface area contributed by atoms with Crippen molar-refractivity contribution in [1.82, 2.24) is 15.3 Å². The molecule has 0 unspecified atom stereocenters. The summed E-state index contributed by atoms with van der Waals surface area (Å²) >= 11 is 0. The van der Waals surface area contributed by atoms with E-state index < -0.39 is 0 Å². The van der Waals surface area contributed by atoms with Crippen molar-refractivity contribution in [2.24, 2.45) is 5.92 Å².